The lowest BCUT2D eigenvalue weighted by Gasteiger charge is -2.18. The average Bonchev–Trinajstić information content (AvgIpc) is 2.97. The summed E-state index contributed by atoms with van der Waals surface area (Å²) < 4.78 is 6.52. The summed E-state index contributed by atoms with van der Waals surface area (Å²) >= 11 is 0. The SMILES string of the molecule is CCCOCC(=O)NC[C@@H]1CCN(c2cnn(C)c(=O)c2)C1. The lowest BCUT2D eigenvalue weighted by molar-refractivity contribution is -0.125. The molecule has 2 heterocycles. The number of nitrogens with one attached hydrogen (secondary N) is 1. The molecule has 0 aliphatic carbocycles. The zero-order chi connectivity index (χ0) is 15.9. The van der Waals surface area contributed by atoms with E-state index in [1.54, 1.807) is 19.3 Å². The highest BCUT2D eigenvalue weighted by Crippen LogP contribution is 2.21. The van der Waals surface area contributed by atoms with Gasteiger partial charge in [0.05, 0.1) is 11.9 Å². The summed E-state index contributed by atoms with van der Waals surface area (Å²) in [5.74, 6) is 0.321. The van der Waals surface area contributed by atoms with Gasteiger partial charge in [-0.25, -0.2) is 4.68 Å². The van der Waals surface area contributed by atoms with Crippen molar-refractivity contribution in [2.75, 3.05) is 37.7 Å². The van der Waals surface area contributed by atoms with Crippen LogP contribution in [0.25, 0.3) is 0 Å². The van der Waals surface area contributed by atoms with Crippen molar-refractivity contribution < 1.29 is 9.53 Å². The monoisotopic (exact) mass is 308 g/mol. The van der Waals surface area contributed by atoms with E-state index >= 15 is 0 Å². The summed E-state index contributed by atoms with van der Waals surface area (Å²) in [6.45, 7) is 5.09. The second-order valence-corrected chi connectivity index (χ2v) is 5.63. The molecule has 1 atom stereocenters. The van der Waals surface area contributed by atoms with Gasteiger partial charge in [-0.05, 0) is 18.8 Å². The molecule has 7 nitrogen and oxygen atoms in total. The van der Waals surface area contributed by atoms with Gasteiger partial charge in [-0.3, -0.25) is 9.59 Å². The van der Waals surface area contributed by atoms with E-state index < -0.39 is 0 Å². The first-order chi connectivity index (χ1) is 10.6. The molecule has 1 fully saturated rings. The van der Waals surface area contributed by atoms with Crippen LogP contribution in [0.3, 0.4) is 0 Å². The fourth-order valence-electron chi connectivity index (χ4n) is 2.48. The fraction of sp³-hybridized carbons (Fsp3) is 0.667. The van der Waals surface area contributed by atoms with Gasteiger partial charge in [0.15, 0.2) is 0 Å². The smallest absolute Gasteiger partial charge is 0.268 e. The summed E-state index contributed by atoms with van der Waals surface area (Å²) in [6, 6.07) is 1.60. The molecule has 1 aromatic heterocycles. The Bertz CT molecular complexity index is 558. The van der Waals surface area contributed by atoms with E-state index in [0.29, 0.717) is 19.1 Å². The summed E-state index contributed by atoms with van der Waals surface area (Å²) in [6.07, 6.45) is 3.61. The first-order valence-electron chi connectivity index (χ1n) is 7.73. The molecule has 1 aliphatic heterocycles. The van der Waals surface area contributed by atoms with Crippen molar-refractivity contribution >= 4 is 11.6 Å². The Balaban J connectivity index is 1.76. The number of carbonyl (C=O) groups is 1. The largest absolute Gasteiger partial charge is 0.372 e. The lowest BCUT2D eigenvalue weighted by atomic mass is 10.1. The van der Waals surface area contributed by atoms with E-state index in [1.165, 1.54) is 4.68 Å². The van der Waals surface area contributed by atoms with Crippen molar-refractivity contribution in [1.82, 2.24) is 15.1 Å². The molecule has 1 amide bonds. The van der Waals surface area contributed by atoms with Crippen LogP contribution in [0.15, 0.2) is 17.1 Å². The number of ether oxygens (including phenoxy) is 1. The Kier molecular flexibility index (Phi) is 5.94. The predicted octanol–water partition coefficient (Wildman–Crippen LogP) is 0.149. The molecule has 1 N–H and O–H groups in total. The minimum Gasteiger partial charge on any atom is -0.372 e. The molecule has 0 radical (unpaired) electrons. The Labute approximate surface area is 130 Å². The van der Waals surface area contributed by atoms with Crippen LogP contribution in [-0.4, -0.2) is 48.5 Å². The highest BCUT2D eigenvalue weighted by molar-refractivity contribution is 5.77. The zero-order valence-corrected chi connectivity index (χ0v) is 13.2. The van der Waals surface area contributed by atoms with Gasteiger partial charge in [0.1, 0.15) is 6.61 Å². The van der Waals surface area contributed by atoms with Crippen molar-refractivity contribution in [2.45, 2.75) is 19.8 Å². The molecule has 0 bridgehead atoms. The standard InChI is InChI=1S/C15H24N4O3/c1-3-6-22-11-14(20)16-8-12-4-5-19(10-12)13-7-15(21)18(2)17-9-13/h7,9,12H,3-6,8,10-11H2,1-2H3,(H,16,20)/t12-/m0/s1. The molecule has 22 heavy (non-hydrogen) atoms. The third-order valence-electron chi connectivity index (χ3n) is 3.77. The molecule has 7 heteroatoms. The quantitative estimate of drug-likeness (QED) is 0.726. The van der Waals surface area contributed by atoms with Gasteiger partial charge in [-0.2, -0.15) is 5.10 Å². The summed E-state index contributed by atoms with van der Waals surface area (Å²) in [7, 11) is 1.63. The predicted molar refractivity (Wildman–Crippen MR) is 83.9 cm³/mol. The lowest BCUT2D eigenvalue weighted by Crippen LogP contribution is -2.33. The van der Waals surface area contributed by atoms with Gasteiger partial charge in [-0.15, -0.1) is 0 Å². The van der Waals surface area contributed by atoms with E-state index in [4.69, 9.17) is 4.74 Å². The molecule has 2 rings (SSSR count). The third-order valence-corrected chi connectivity index (χ3v) is 3.77. The number of hydrogen-bond donors (Lipinski definition) is 1. The number of nitrogens with zero attached hydrogens (tertiary/aromatic N) is 3. The molecular weight excluding hydrogens is 284 g/mol. The summed E-state index contributed by atoms with van der Waals surface area (Å²) in [5.41, 5.74) is 0.741. The molecule has 1 aromatic rings. The van der Waals surface area contributed by atoms with Crippen LogP contribution in [0.1, 0.15) is 19.8 Å². The number of anilines is 1. The minimum absolute atomic E-state index is 0.0675. The van der Waals surface area contributed by atoms with E-state index in [0.717, 1.165) is 31.6 Å². The number of rotatable bonds is 7. The molecule has 0 unspecified atom stereocenters. The number of amides is 1. The van der Waals surface area contributed by atoms with Gasteiger partial charge in [0, 0.05) is 39.4 Å². The van der Waals surface area contributed by atoms with E-state index in [9.17, 15) is 9.59 Å². The maximum Gasteiger partial charge on any atom is 0.268 e. The first kappa shape index (κ1) is 16.5. The minimum atomic E-state index is -0.109. The summed E-state index contributed by atoms with van der Waals surface area (Å²) in [4.78, 5) is 25.4. The fourth-order valence-corrected chi connectivity index (χ4v) is 2.48. The average molecular weight is 308 g/mol. The van der Waals surface area contributed by atoms with Crippen molar-refractivity contribution in [1.29, 1.82) is 0 Å². The van der Waals surface area contributed by atoms with Gasteiger partial charge in [0.25, 0.3) is 5.56 Å². The molecule has 0 spiro atoms. The Morgan fingerprint density at radius 1 is 1.55 bits per heavy atom. The topological polar surface area (TPSA) is 76.5 Å². The van der Waals surface area contributed by atoms with Crippen LogP contribution in [-0.2, 0) is 16.6 Å². The molecule has 0 saturated carbocycles. The number of aromatic nitrogens is 2. The second kappa shape index (κ2) is 7.93. The first-order valence-corrected chi connectivity index (χ1v) is 7.73. The van der Waals surface area contributed by atoms with Crippen LogP contribution in [0.4, 0.5) is 5.69 Å². The molecular formula is C15H24N4O3. The van der Waals surface area contributed by atoms with Crippen LogP contribution < -0.4 is 15.8 Å². The van der Waals surface area contributed by atoms with Gasteiger partial charge < -0.3 is 15.0 Å². The molecule has 0 aromatic carbocycles. The van der Waals surface area contributed by atoms with Crippen molar-refractivity contribution in [3.05, 3.63) is 22.6 Å². The second-order valence-electron chi connectivity index (χ2n) is 5.63. The van der Waals surface area contributed by atoms with E-state index in [-0.39, 0.29) is 18.1 Å². The third kappa shape index (κ3) is 4.56. The highest BCUT2D eigenvalue weighted by atomic mass is 16.5. The van der Waals surface area contributed by atoms with Crippen molar-refractivity contribution in [2.24, 2.45) is 13.0 Å². The Morgan fingerprint density at radius 3 is 3.09 bits per heavy atom. The van der Waals surface area contributed by atoms with E-state index in [2.05, 4.69) is 15.3 Å². The number of hydrogen-bond acceptors (Lipinski definition) is 5. The highest BCUT2D eigenvalue weighted by Gasteiger charge is 2.23. The van der Waals surface area contributed by atoms with Crippen LogP contribution >= 0.6 is 0 Å². The van der Waals surface area contributed by atoms with Crippen LogP contribution in [0, 0.1) is 5.92 Å². The van der Waals surface area contributed by atoms with Crippen LogP contribution in [0.2, 0.25) is 0 Å². The normalized spacial score (nSPS) is 17.7. The zero-order valence-electron chi connectivity index (χ0n) is 13.2. The molecule has 122 valence electrons. The Hall–Kier alpha value is -1.89. The summed E-state index contributed by atoms with van der Waals surface area (Å²) in [5, 5.41) is 6.94. The van der Waals surface area contributed by atoms with Crippen molar-refractivity contribution in [3.63, 3.8) is 0 Å². The van der Waals surface area contributed by atoms with Crippen molar-refractivity contribution in [3.8, 4) is 0 Å². The molecule has 1 aliphatic rings. The number of aryl methyl sites for hydroxylation is 1. The van der Waals surface area contributed by atoms with Crippen LogP contribution in [0.5, 0.6) is 0 Å². The van der Waals surface area contributed by atoms with E-state index in [1.807, 2.05) is 6.92 Å². The number of carbonyl (C=O) groups excluding carboxylic acids is 1. The molecule has 1 saturated heterocycles. The maximum absolute atomic E-state index is 11.6. The Morgan fingerprint density at radius 2 is 2.36 bits per heavy atom. The van der Waals surface area contributed by atoms with Gasteiger partial charge in [0.2, 0.25) is 5.91 Å². The van der Waals surface area contributed by atoms with Gasteiger partial charge in [-0.1, -0.05) is 6.92 Å². The van der Waals surface area contributed by atoms with Gasteiger partial charge >= 0.3 is 0 Å². The maximum atomic E-state index is 11.6.